The van der Waals surface area contributed by atoms with Crippen LogP contribution in [0, 0.1) is 5.92 Å². The molecule has 7 nitrogen and oxygen atoms in total. The molecule has 0 spiro atoms. The van der Waals surface area contributed by atoms with Crippen molar-refractivity contribution in [3.63, 3.8) is 0 Å². The first-order valence-electron chi connectivity index (χ1n) is 9.55. The van der Waals surface area contributed by atoms with Crippen molar-refractivity contribution < 1.29 is 19.8 Å². The van der Waals surface area contributed by atoms with Gasteiger partial charge in [-0.05, 0) is 35.2 Å². The summed E-state index contributed by atoms with van der Waals surface area (Å²) in [6, 6.07) is 6.70. The summed E-state index contributed by atoms with van der Waals surface area (Å²) in [5.74, 6) is -1.61. The maximum Gasteiger partial charge on any atom is 0.309 e. The zero-order valence-electron chi connectivity index (χ0n) is 17.1. The number of hydrogen-bond donors (Lipinski definition) is 3. The van der Waals surface area contributed by atoms with Crippen LogP contribution in [0.2, 0.25) is 14.4 Å². The van der Waals surface area contributed by atoms with E-state index in [1.54, 1.807) is 35.0 Å². The predicted octanol–water partition coefficient (Wildman–Crippen LogP) is 5.52. The number of aliphatic carboxylic acids is 1. The fourth-order valence-corrected chi connectivity index (χ4v) is 4.54. The van der Waals surface area contributed by atoms with Crippen molar-refractivity contribution >= 4 is 63.1 Å². The van der Waals surface area contributed by atoms with Crippen LogP contribution < -0.4 is 5.32 Å². The number of amides is 1. The van der Waals surface area contributed by atoms with Gasteiger partial charge in [0.1, 0.15) is 10.0 Å². The number of nitrogens with zero attached hydrogens (tertiary/aromatic N) is 2. The third-order valence-corrected chi connectivity index (χ3v) is 6.51. The first kappa shape index (κ1) is 24.5. The first-order chi connectivity index (χ1) is 15.0. The fraction of sp³-hybridized carbons (Fsp3) is 0.286. The molecule has 0 radical (unpaired) electrons. The Hall–Kier alpha value is -2.10. The van der Waals surface area contributed by atoms with Gasteiger partial charge < -0.3 is 14.8 Å². The number of anilines is 1. The number of carbonyl (C=O) groups excluding carboxylic acids is 1. The maximum absolute atomic E-state index is 13.1. The highest BCUT2D eigenvalue weighted by molar-refractivity contribution is 7.19. The monoisotopic (exact) mass is 515 g/mol. The number of nitrogens with one attached hydrogen (secondary N) is 1. The van der Waals surface area contributed by atoms with E-state index >= 15 is 0 Å². The van der Waals surface area contributed by atoms with Gasteiger partial charge in [-0.3, -0.25) is 14.9 Å². The number of aliphatic hydroxyl groups is 1. The number of carbonyl (C=O) groups is 2. The van der Waals surface area contributed by atoms with E-state index in [4.69, 9.17) is 39.9 Å². The smallest absolute Gasteiger partial charge is 0.309 e. The number of benzene rings is 1. The van der Waals surface area contributed by atoms with E-state index < -0.39 is 18.0 Å². The van der Waals surface area contributed by atoms with E-state index in [0.29, 0.717) is 15.6 Å². The molecular weight excluding hydrogens is 497 g/mol. The summed E-state index contributed by atoms with van der Waals surface area (Å²) in [6.07, 6.45) is 0.594. The molecule has 1 unspecified atom stereocenters. The molecule has 1 atom stereocenters. The predicted molar refractivity (Wildman–Crippen MR) is 126 cm³/mol. The van der Waals surface area contributed by atoms with Crippen LogP contribution in [-0.2, 0) is 17.8 Å². The van der Waals surface area contributed by atoms with Crippen LogP contribution in [0.5, 0.6) is 0 Å². The van der Waals surface area contributed by atoms with Crippen LogP contribution in [-0.4, -0.2) is 31.6 Å². The number of carboxylic acids is 1. The number of aromatic nitrogens is 2. The van der Waals surface area contributed by atoms with Crippen molar-refractivity contribution in [2.24, 2.45) is 5.92 Å². The lowest BCUT2D eigenvalue weighted by Gasteiger charge is -2.12. The van der Waals surface area contributed by atoms with Crippen molar-refractivity contribution in [3.05, 3.63) is 67.4 Å². The topological polar surface area (TPSA) is 104 Å². The molecule has 1 amide bonds. The minimum absolute atomic E-state index is 0.0581. The van der Waals surface area contributed by atoms with E-state index in [0.717, 1.165) is 16.9 Å². The van der Waals surface area contributed by atoms with Crippen LogP contribution in [0.3, 0.4) is 0 Å². The molecule has 3 rings (SSSR count). The third kappa shape index (κ3) is 5.82. The van der Waals surface area contributed by atoms with E-state index in [-0.39, 0.29) is 39.7 Å². The summed E-state index contributed by atoms with van der Waals surface area (Å²) in [7, 11) is 0. The summed E-state index contributed by atoms with van der Waals surface area (Å²) in [5.41, 5.74) is 1.78. The summed E-state index contributed by atoms with van der Waals surface area (Å²) in [6.45, 7) is 4.02. The van der Waals surface area contributed by atoms with Gasteiger partial charge in [0.15, 0.2) is 5.13 Å². The Kier molecular flexibility index (Phi) is 7.84. The highest BCUT2D eigenvalue weighted by Crippen LogP contribution is 2.30. The maximum atomic E-state index is 13.1. The SMILES string of the molecule is CC(C)C(O)c1cc(C(=O)Nc2nc(CC(=O)O)c(Cl)s2)n(Cc2ccc(Cl)cc2Cl)c1. The summed E-state index contributed by atoms with van der Waals surface area (Å²) < 4.78 is 1.88. The highest BCUT2D eigenvalue weighted by atomic mass is 35.5. The van der Waals surface area contributed by atoms with Gasteiger partial charge in [0.25, 0.3) is 5.91 Å². The highest BCUT2D eigenvalue weighted by Gasteiger charge is 2.22. The molecule has 0 bridgehead atoms. The molecule has 1 aromatic carbocycles. The molecule has 0 aliphatic carbocycles. The fourth-order valence-electron chi connectivity index (χ4n) is 3.03. The second kappa shape index (κ2) is 10.2. The lowest BCUT2D eigenvalue weighted by molar-refractivity contribution is -0.136. The Morgan fingerprint density at radius 2 is 1.94 bits per heavy atom. The molecule has 0 saturated carbocycles. The van der Waals surface area contributed by atoms with E-state index in [1.165, 1.54) is 0 Å². The molecule has 11 heteroatoms. The van der Waals surface area contributed by atoms with Gasteiger partial charge in [0.2, 0.25) is 0 Å². The molecule has 0 fully saturated rings. The average Bonchev–Trinajstić information content (AvgIpc) is 3.26. The zero-order chi connectivity index (χ0) is 23.6. The van der Waals surface area contributed by atoms with Gasteiger partial charge >= 0.3 is 5.97 Å². The van der Waals surface area contributed by atoms with Crippen molar-refractivity contribution in [1.82, 2.24) is 9.55 Å². The second-order valence-corrected chi connectivity index (χ2v) is 9.92. The van der Waals surface area contributed by atoms with Gasteiger partial charge in [0.05, 0.1) is 18.2 Å². The third-order valence-electron chi connectivity index (χ3n) is 4.67. The summed E-state index contributed by atoms with van der Waals surface area (Å²) in [4.78, 5) is 28.1. The van der Waals surface area contributed by atoms with Crippen LogP contribution in [0.15, 0.2) is 30.5 Å². The molecule has 3 aromatic rings. The Bertz CT molecular complexity index is 1160. The van der Waals surface area contributed by atoms with Gasteiger partial charge in [-0.25, -0.2) is 4.98 Å². The van der Waals surface area contributed by atoms with Crippen molar-refractivity contribution in [2.75, 3.05) is 5.32 Å². The largest absolute Gasteiger partial charge is 0.481 e. The molecule has 0 saturated heterocycles. The molecular formula is C21H20Cl3N3O4S. The van der Waals surface area contributed by atoms with Crippen LogP contribution >= 0.6 is 46.1 Å². The summed E-state index contributed by atoms with van der Waals surface area (Å²) in [5, 5.41) is 23.3. The Labute approximate surface area is 203 Å². The molecule has 0 aliphatic rings. The first-order valence-corrected chi connectivity index (χ1v) is 11.5. The zero-order valence-corrected chi connectivity index (χ0v) is 20.2. The standard InChI is InChI=1S/C21H20Cl3N3O4S/c1-10(2)18(30)12-5-16(27(9-12)8-11-3-4-13(22)6-14(11)23)20(31)26-21-25-15(7-17(28)29)19(24)32-21/h3-6,9-10,18,30H,7-8H2,1-2H3,(H,28,29)(H,25,26,31). The lowest BCUT2D eigenvalue weighted by Crippen LogP contribution is -2.17. The average molecular weight is 517 g/mol. The molecule has 3 N–H and O–H groups in total. The summed E-state index contributed by atoms with van der Waals surface area (Å²) >= 11 is 19.3. The molecule has 0 aliphatic heterocycles. The van der Waals surface area contributed by atoms with Crippen LogP contribution in [0.1, 0.15) is 47.3 Å². The van der Waals surface area contributed by atoms with E-state index in [9.17, 15) is 14.7 Å². The quantitative estimate of drug-likeness (QED) is 0.365. The van der Waals surface area contributed by atoms with Crippen molar-refractivity contribution in [3.8, 4) is 0 Å². The van der Waals surface area contributed by atoms with Crippen molar-refractivity contribution in [1.29, 1.82) is 0 Å². The van der Waals surface area contributed by atoms with Gasteiger partial charge in [-0.1, -0.05) is 66.1 Å². The molecule has 2 aromatic heterocycles. The van der Waals surface area contributed by atoms with Crippen molar-refractivity contribution in [2.45, 2.75) is 32.9 Å². The number of carboxylic acid groups (broad SMARTS) is 1. The lowest BCUT2D eigenvalue weighted by atomic mass is 10.0. The minimum Gasteiger partial charge on any atom is -0.481 e. The molecule has 170 valence electrons. The Morgan fingerprint density at radius 3 is 2.56 bits per heavy atom. The second-order valence-electron chi connectivity index (χ2n) is 7.48. The van der Waals surface area contributed by atoms with Gasteiger partial charge in [-0.15, -0.1) is 0 Å². The van der Waals surface area contributed by atoms with Gasteiger partial charge in [0, 0.05) is 22.8 Å². The normalized spacial score (nSPS) is 12.2. The number of aliphatic hydroxyl groups excluding tert-OH is 1. The number of halogens is 3. The van der Waals surface area contributed by atoms with E-state index in [1.807, 2.05) is 13.8 Å². The van der Waals surface area contributed by atoms with E-state index in [2.05, 4.69) is 10.3 Å². The minimum atomic E-state index is -1.07. The van der Waals surface area contributed by atoms with Crippen LogP contribution in [0.25, 0.3) is 0 Å². The molecule has 32 heavy (non-hydrogen) atoms. The number of rotatable bonds is 8. The Morgan fingerprint density at radius 1 is 1.22 bits per heavy atom. The Balaban J connectivity index is 1.92. The van der Waals surface area contributed by atoms with Crippen LogP contribution in [0.4, 0.5) is 5.13 Å². The number of thiazole rings is 1. The molecule has 2 heterocycles. The van der Waals surface area contributed by atoms with Gasteiger partial charge in [-0.2, -0.15) is 0 Å². The number of hydrogen-bond acceptors (Lipinski definition) is 5.